The molecule has 2 atom stereocenters. The van der Waals surface area contributed by atoms with Crippen molar-refractivity contribution in [2.45, 2.75) is 24.7 Å². The van der Waals surface area contributed by atoms with E-state index in [1.54, 1.807) is 6.92 Å². The quantitative estimate of drug-likeness (QED) is 0.758. The van der Waals surface area contributed by atoms with Gasteiger partial charge in [-0.25, -0.2) is 0 Å². The predicted molar refractivity (Wildman–Crippen MR) is 63.5 cm³/mol. The third-order valence-electron chi connectivity index (χ3n) is 2.63. The topological polar surface area (TPSA) is 29.5 Å². The number of benzene rings is 1. The first kappa shape index (κ1) is 11.6. The van der Waals surface area contributed by atoms with Crippen LogP contribution in [0.15, 0.2) is 30.3 Å². The van der Waals surface area contributed by atoms with E-state index >= 15 is 0 Å². The van der Waals surface area contributed by atoms with Gasteiger partial charge in [-0.1, -0.05) is 0 Å². The number of hydroxylamine groups is 2. The van der Waals surface area contributed by atoms with E-state index in [2.05, 4.69) is 31.2 Å². The van der Waals surface area contributed by atoms with Crippen LogP contribution in [0.2, 0.25) is 4.82 Å². The monoisotopic (exact) mass is 285 g/mol. The van der Waals surface area contributed by atoms with Crippen LogP contribution < -0.4 is 4.46 Å². The van der Waals surface area contributed by atoms with Gasteiger partial charge in [0.05, 0.1) is 0 Å². The Bertz CT molecular complexity index is 369. The molecule has 0 bridgehead atoms. The summed E-state index contributed by atoms with van der Waals surface area (Å²) in [6, 6.07) is 10.6. The van der Waals surface area contributed by atoms with Crippen molar-refractivity contribution >= 4 is 25.3 Å². The molecular weight excluding hydrogens is 269 g/mol. The molecule has 0 unspecified atom stereocenters. The molecule has 1 fully saturated rings. The van der Waals surface area contributed by atoms with Gasteiger partial charge >= 0.3 is 102 Å². The summed E-state index contributed by atoms with van der Waals surface area (Å²) >= 11 is 0.366. The number of hydrogen-bond donors (Lipinski definition) is 0. The van der Waals surface area contributed by atoms with Crippen LogP contribution in [0, 0.1) is 0 Å². The summed E-state index contributed by atoms with van der Waals surface area (Å²) < 4.78 is 1.36. The number of carbonyl (C=O) groups is 1. The first-order valence-corrected chi connectivity index (χ1v) is 7.17. The van der Waals surface area contributed by atoms with Gasteiger partial charge in [-0.15, -0.1) is 0 Å². The van der Waals surface area contributed by atoms with Gasteiger partial charge in [-0.2, -0.15) is 0 Å². The molecule has 4 heteroatoms. The fourth-order valence-corrected chi connectivity index (χ4v) is 4.05. The molecular formula is C12H15NO2Se. The van der Waals surface area contributed by atoms with Crippen molar-refractivity contribution in [1.82, 2.24) is 5.06 Å². The summed E-state index contributed by atoms with van der Waals surface area (Å²) in [5.41, 5.74) is 0. The third kappa shape index (κ3) is 2.46. The Kier molecular flexibility index (Phi) is 3.64. The van der Waals surface area contributed by atoms with Gasteiger partial charge in [-0.3, -0.25) is 0 Å². The number of nitrogens with zero attached hydrogens (tertiary/aromatic N) is 1. The van der Waals surface area contributed by atoms with Crippen LogP contribution in [0.25, 0.3) is 0 Å². The zero-order valence-electron chi connectivity index (χ0n) is 9.42. The zero-order chi connectivity index (χ0) is 11.5. The summed E-state index contributed by atoms with van der Waals surface area (Å²) in [6.45, 7) is 4.27. The first-order valence-electron chi connectivity index (χ1n) is 5.33. The van der Waals surface area contributed by atoms with E-state index in [0.717, 1.165) is 0 Å². The average molecular weight is 284 g/mol. The van der Waals surface area contributed by atoms with Gasteiger partial charge in [0.2, 0.25) is 0 Å². The Morgan fingerprint density at radius 3 is 2.69 bits per heavy atom. The summed E-state index contributed by atoms with van der Waals surface area (Å²) in [5, 5.41) is 1.51. The van der Waals surface area contributed by atoms with Crippen LogP contribution in [-0.4, -0.2) is 38.6 Å². The van der Waals surface area contributed by atoms with Crippen molar-refractivity contribution in [2.75, 3.05) is 6.61 Å². The van der Waals surface area contributed by atoms with Crippen molar-refractivity contribution in [3.05, 3.63) is 30.3 Å². The molecule has 1 heterocycles. The second-order valence-electron chi connectivity index (χ2n) is 3.85. The molecule has 0 saturated carbocycles. The molecule has 1 amide bonds. The van der Waals surface area contributed by atoms with E-state index in [-0.39, 0.29) is 11.9 Å². The standard InChI is InChI=1S/C12H15NO2Se/c1-9-12(8-15-13(9)10(2)14)16-11-6-4-3-5-7-11/h3-7,9,12H,8H2,1-2H3/t9-,12+/m0/s1. The minimum atomic E-state index is -0.00105. The molecule has 1 aliphatic heterocycles. The van der Waals surface area contributed by atoms with Crippen LogP contribution in [0.5, 0.6) is 0 Å². The van der Waals surface area contributed by atoms with E-state index in [9.17, 15) is 4.79 Å². The predicted octanol–water partition coefficient (Wildman–Crippen LogP) is 0.987. The third-order valence-corrected chi connectivity index (χ3v) is 5.52. The molecule has 0 radical (unpaired) electrons. The first-order chi connectivity index (χ1) is 7.68. The van der Waals surface area contributed by atoms with E-state index in [4.69, 9.17) is 4.84 Å². The number of rotatable bonds is 2. The molecule has 1 aromatic rings. The van der Waals surface area contributed by atoms with Crippen molar-refractivity contribution < 1.29 is 9.63 Å². The fraction of sp³-hybridized carbons (Fsp3) is 0.417. The van der Waals surface area contributed by atoms with E-state index in [1.807, 2.05) is 6.07 Å². The van der Waals surface area contributed by atoms with Gasteiger partial charge in [0.25, 0.3) is 0 Å². The maximum absolute atomic E-state index is 11.3. The second kappa shape index (κ2) is 5.00. The van der Waals surface area contributed by atoms with E-state index < -0.39 is 0 Å². The Morgan fingerprint density at radius 1 is 1.44 bits per heavy atom. The van der Waals surface area contributed by atoms with Gasteiger partial charge in [0.15, 0.2) is 0 Å². The zero-order valence-corrected chi connectivity index (χ0v) is 11.1. The molecule has 0 N–H and O–H groups in total. The fourth-order valence-electron chi connectivity index (χ4n) is 1.75. The number of amides is 1. The van der Waals surface area contributed by atoms with Gasteiger partial charge in [0, 0.05) is 0 Å². The van der Waals surface area contributed by atoms with Crippen LogP contribution in [0.3, 0.4) is 0 Å². The van der Waals surface area contributed by atoms with E-state index in [0.29, 0.717) is 26.4 Å². The van der Waals surface area contributed by atoms with E-state index in [1.165, 1.54) is 9.53 Å². The molecule has 0 aliphatic carbocycles. The van der Waals surface area contributed by atoms with Crippen LogP contribution in [-0.2, 0) is 9.63 Å². The number of carbonyl (C=O) groups excluding carboxylic acids is 1. The van der Waals surface area contributed by atoms with Gasteiger partial charge in [-0.05, 0) is 0 Å². The molecule has 0 aromatic heterocycles. The maximum atomic E-state index is 11.3. The number of hydrogen-bond acceptors (Lipinski definition) is 2. The van der Waals surface area contributed by atoms with Crippen molar-refractivity contribution in [2.24, 2.45) is 0 Å². The Labute approximate surface area is 102 Å². The SMILES string of the molecule is CC(=O)N1OC[C@@H]([Se]c2ccccc2)[C@@H]1C. The molecule has 1 saturated heterocycles. The summed E-state index contributed by atoms with van der Waals surface area (Å²) in [7, 11) is 0. The Morgan fingerprint density at radius 2 is 2.12 bits per heavy atom. The van der Waals surface area contributed by atoms with Gasteiger partial charge in [0.1, 0.15) is 0 Å². The minimum absolute atomic E-state index is 0.00105. The van der Waals surface area contributed by atoms with Crippen molar-refractivity contribution in [1.29, 1.82) is 0 Å². The summed E-state index contributed by atoms with van der Waals surface area (Å²) in [6.07, 6.45) is 0. The molecule has 2 rings (SSSR count). The van der Waals surface area contributed by atoms with Crippen LogP contribution in [0.4, 0.5) is 0 Å². The molecule has 1 aromatic carbocycles. The van der Waals surface area contributed by atoms with Crippen LogP contribution in [0.1, 0.15) is 13.8 Å². The summed E-state index contributed by atoms with van der Waals surface area (Å²) in [4.78, 5) is 17.1. The summed E-state index contributed by atoms with van der Waals surface area (Å²) in [5.74, 6) is -0.00105. The molecule has 0 spiro atoms. The second-order valence-corrected chi connectivity index (χ2v) is 6.60. The average Bonchev–Trinajstić information content (AvgIpc) is 2.62. The Hall–Kier alpha value is -0.831. The molecule has 1 aliphatic rings. The Balaban J connectivity index is 2.00. The molecule has 3 nitrogen and oxygen atoms in total. The van der Waals surface area contributed by atoms with Gasteiger partial charge < -0.3 is 0 Å². The molecule has 86 valence electrons. The van der Waals surface area contributed by atoms with Crippen molar-refractivity contribution in [3.63, 3.8) is 0 Å². The van der Waals surface area contributed by atoms with Crippen LogP contribution >= 0.6 is 0 Å². The van der Waals surface area contributed by atoms with Crippen molar-refractivity contribution in [3.8, 4) is 0 Å². The normalized spacial score (nSPS) is 24.8. The molecule has 16 heavy (non-hydrogen) atoms.